The fourth-order valence-electron chi connectivity index (χ4n) is 5.27. The number of benzene rings is 3. The molecule has 0 bridgehead atoms. The van der Waals surface area contributed by atoms with Crippen LogP contribution in [0.1, 0.15) is 26.7 Å². The molecule has 0 N–H and O–H groups in total. The molecule has 0 aromatic heterocycles. The maximum Gasteiger partial charge on any atom is 0.134 e. The SMILES string of the molecule is COc1cccc(OC)c1-c1cccc(-c2c(OC)cccc2OC)c1P1C(C)CC(=O)CC1C. The fraction of sp³-hybridized carbons (Fsp3) is 0.345. The summed E-state index contributed by atoms with van der Waals surface area (Å²) in [6.45, 7) is 4.41. The van der Waals surface area contributed by atoms with Crippen LogP contribution in [0.2, 0.25) is 0 Å². The van der Waals surface area contributed by atoms with Gasteiger partial charge in [0.05, 0.1) is 39.6 Å². The van der Waals surface area contributed by atoms with Crippen LogP contribution in [-0.2, 0) is 4.79 Å². The summed E-state index contributed by atoms with van der Waals surface area (Å²) in [5.41, 5.74) is 4.43. The zero-order valence-electron chi connectivity index (χ0n) is 21.3. The van der Waals surface area contributed by atoms with E-state index in [4.69, 9.17) is 18.9 Å². The quantitative estimate of drug-likeness (QED) is 0.362. The second kappa shape index (κ2) is 10.7. The number of ether oxygens (including phenoxy) is 4. The van der Waals surface area contributed by atoms with Crippen LogP contribution in [0.5, 0.6) is 23.0 Å². The molecule has 1 aliphatic heterocycles. The summed E-state index contributed by atoms with van der Waals surface area (Å²) >= 11 is 0. The van der Waals surface area contributed by atoms with Crippen molar-refractivity contribution in [2.45, 2.75) is 38.0 Å². The van der Waals surface area contributed by atoms with Gasteiger partial charge >= 0.3 is 0 Å². The van der Waals surface area contributed by atoms with E-state index in [-0.39, 0.29) is 11.3 Å². The lowest BCUT2D eigenvalue weighted by Crippen LogP contribution is -2.30. The van der Waals surface area contributed by atoms with Gasteiger partial charge in [-0.15, -0.1) is 0 Å². The number of rotatable bonds is 7. The number of hydrogen-bond acceptors (Lipinski definition) is 5. The molecule has 4 rings (SSSR count). The van der Waals surface area contributed by atoms with Crippen LogP contribution < -0.4 is 24.3 Å². The molecule has 1 aliphatic rings. The minimum Gasteiger partial charge on any atom is -0.496 e. The summed E-state index contributed by atoms with van der Waals surface area (Å²) in [4.78, 5) is 12.5. The summed E-state index contributed by atoms with van der Waals surface area (Å²) in [6.07, 6.45) is 1.19. The average molecular weight is 493 g/mol. The number of ketones is 1. The van der Waals surface area contributed by atoms with Gasteiger partial charge in [0.2, 0.25) is 0 Å². The van der Waals surface area contributed by atoms with Crippen LogP contribution >= 0.6 is 7.92 Å². The van der Waals surface area contributed by atoms with Gasteiger partial charge in [-0.2, -0.15) is 0 Å². The maximum absolute atomic E-state index is 12.5. The van der Waals surface area contributed by atoms with Gasteiger partial charge in [-0.1, -0.05) is 52.1 Å². The van der Waals surface area contributed by atoms with E-state index in [1.165, 1.54) is 5.30 Å². The molecule has 1 heterocycles. The Morgan fingerprint density at radius 2 is 0.971 bits per heavy atom. The Kier molecular flexibility index (Phi) is 7.66. The van der Waals surface area contributed by atoms with E-state index in [0.29, 0.717) is 18.6 Å². The van der Waals surface area contributed by atoms with Crippen molar-refractivity contribution < 1.29 is 23.7 Å². The molecule has 1 fully saturated rings. The summed E-state index contributed by atoms with van der Waals surface area (Å²) in [7, 11) is 6.01. The third-order valence-electron chi connectivity index (χ3n) is 6.68. The Morgan fingerprint density at radius 3 is 1.31 bits per heavy atom. The van der Waals surface area contributed by atoms with E-state index in [0.717, 1.165) is 45.3 Å². The summed E-state index contributed by atoms with van der Waals surface area (Å²) < 4.78 is 23.3. The fourth-order valence-corrected chi connectivity index (χ4v) is 8.75. The average Bonchev–Trinajstić information content (AvgIpc) is 2.87. The van der Waals surface area contributed by atoms with Crippen LogP contribution in [0.4, 0.5) is 0 Å². The first-order valence-electron chi connectivity index (χ1n) is 11.8. The van der Waals surface area contributed by atoms with Crippen molar-refractivity contribution in [2.24, 2.45) is 0 Å². The van der Waals surface area contributed by atoms with Crippen molar-refractivity contribution in [1.82, 2.24) is 0 Å². The highest BCUT2D eigenvalue weighted by molar-refractivity contribution is 7.67. The van der Waals surface area contributed by atoms with Gasteiger partial charge < -0.3 is 18.9 Å². The Balaban J connectivity index is 2.12. The van der Waals surface area contributed by atoms with Crippen molar-refractivity contribution in [2.75, 3.05) is 28.4 Å². The molecule has 0 saturated carbocycles. The normalized spacial score (nSPS) is 19.8. The maximum atomic E-state index is 12.5. The Labute approximate surface area is 209 Å². The van der Waals surface area contributed by atoms with E-state index in [2.05, 4.69) is 32.0 Å². The largest absolute Gasteiger partial charge is 0.496 e. The van der Waals surface area contributed by atoms with Crippen LogP contribution in [-0.4, -0.2) is 45.5 Å². The van der Waals surface area contributed by atoms with Gasteiger partial charge in [-0.05, 0) is 52.0 Å². The van der Waals surface area contributed by atoms with Crippen molar-refractivity contribution in [3.8, 4) is 45.3 Å². The molecule has 6 heteroatoms. The number of carbonyl (C=O) groups is 1. The first-order valence-corrected chi connectivity index (χ1v) is 13.3. The summed E-state index contributed by atoms with van der Waals surface area (Å²) in [6, 6.07) is 18.0. The number of carbonyl (C=O) groups excluding carboxylic acids is 1. The molecule has 0 aliphatic carbocycles. The highest BCUT2D eigenvalue weighted by Crippen LogP contribution is 2.57. The van der Waals surface area contributed by atoms with Gasteiger partial charge in [0, 0.05) is 12.8 Å². The molecule has 184 valence electrons. The van der Waals surface area contributed by atoms with Gasteiger partial charge in [-0.25, -0.2) is 0 Å². The van der Waals surface area contributed by atoms with Gasteiger partial charge in [0.15, 0.2) is 0 Å². The van der Waals surface area contributed by atoms with Crippen LogP contribution in [0, 0.1) is 0 Å². The third kappa shape index (κ3) is 4.62. The van der Waals surface area contributed by atoms with E-state index in [1.54, 1.807) is 28.4 Å². The molecule has 5 nitrogen and oxygen atoms in total. The first-order chi connectivity index (χ1) is 16.9. The monoisotopic (exact) mass is 492 g/mol. The van der Waals surface area contributed by atoms with Crippen LogP contribution in [0.3, 0.4) is 0 Å². The number of hydrogen-bond donors (Lipinski definition) is 0. The van der Waals surface area contributed by atoms with Crippen molar-refractivity contribution in [3.63, 3.8) is 0 Å². The van der Waals surface area contributed by atoms with E-state index >= 15 is 0 Å². The Bertz CT molecular complexity index is 1090. The second-order valence-corrected chi connectivity index (χ2v) is 11.9. The number of Topliss-reactive ketones (excluding diaryl/α,β-unsaturated/α-hetero) is 1. The number of methoxy groups -OCH3 is 4. The lowest BCUT2D eigenvalue weighted by molar-refractivity contribution is -0.119. The van der Waals surface area contributed by atoms with E-state index < -0.39 is 7.92 Å². The van der Waals surface area contributed by atoms with Gasteiger partial charge in [-0.3, -0.25) is 4.79 Å². The minimum absolute atomic E-state index is 0.238. The molecule has 3 aromatic rings. The molecule has 1 saturated heterocycles. The Morgan fingerprint density at radius 1 is 0.629 bits per heavy atom. The van der Waals surface area contributed by atoms with Gasteiger partial charge in [0.25, 0.3) is 0 Å². The minimum atomic E-state index is -0.717. The molecule has 3 aromatic carbocycles. The molecule has 0 amide bonds. The molecule has 2 unspecified atom stereocenters. The van der Waals surface area contributed by atoms with Crippen molar-refractivity contribution in [3.05, 3.63) is 54.6 Å². The van der Waals surface area contributed by atoms with Crippen molar-refractivity contribution in [1.29, 1.82) is 0 Å². The van der Waals surface area contributed by atoms with E-state index in [1.807, 2.05) is 36.4 Å². The second-order valence-electron chi connectivity index (χ2n) is 8.83. The lowest BCUT2D eigenvalue weighted by atomic mass is 9.96. The standard InChI is InChI=1S/C29H33O5P/c1-18-16-20(30)17-19(2)35(18)29-21(27-23(31-3)12-8-13-24(27)32-4)10-7-11-22(29)28-25(33-5)14-9-15-26(28)34-6/h7-15,18-19H,16-17H2,1-6H3. The molecule has 35 heavy (non-hydrogen) atoms. The van der Waals surface area contributed by atoms with E-state index in [9.17, 15) is 4.79 Å². The lowest BCUT2D eigenvalue weighted by Gasteiger charge is -2.37. The third-order valence-corrected chi connectivity index (χ3v) is 9.95. The van der Waals surface area contributed by atoms with Crippen molar-refractivity contribution >= 4 is 19.0 Å². The first kappa shape index (κ1) is 25.1. The molecular weight excluding hydrogens is 459 g/mol. The Hall–Kier alpha value is -3.04. The predicted octanol–water partition coefficient (Wildman–Crippen LogP) is 6.30. The predicted molar refractivity (Wildman–Crippen MR) is 143 cm³/mol. The highest BCUT2D eigenvalue weighted by atomic mass is 31.1. The zero-order chi connectivity index (χ0) is 25.1. The summed E-state index contributed by atoms with van der Waals surface area (Å²) in [5.74, 6) is 3.33. The molecule has 0 spiro atoms. The smallest absolute Gasteiger partial charge is 0.134 e. The molecule has 0 radical (unpaired) electrons. The van der Waals surface area contributed by atoms with Crippen LogP contribution in [0.25, 0.3) is 22.3 Å². The molecule has 2 atom stereocenters. The highest BCUT2D eigenvalue weighted by Gasteiger charge is 2.37. The zero-order valence-corrected chi connectivity index (χ0v) is 22.1. The molecular formula is C29H33O5P. The van der Waals surface area contributed by atoms with Gasteiger partial charge in [0.1, 0.15) is 28.8 Å². The van der Waals surface area contributed by atoms with Crippen LogP contribution in [0.15, 0.2) is 54.6 Å². The summed E-state index contributed by atoms with van der Waals surface area (Å²) in [5, 5.41) is 1.22. The topological polar surface area (TPSA) is 54.0 Å².